The first kappa shape index (κ1) is 12.3. The topological polar surface area (TPSA) is 21.3 Å². The molecule has 1 aromatic carbocycles. The van der Waals surface area contributed by atoms with E-state index in [-0.39, 0.29) is 0 Å². The first-order chi connectivity index (χ1) is 8.35. The van der Waals surface area contributed by atoms with Gasteiger partial charge in [-0.3, -0.25) is 0 Å². The van der Waals surface area contributed by atoms with Crippen LogP contribution in [0.2, 0.25) is 0 Å². The number of nitrogens with one attached hydrogen (secondary N) is 1. The van der Waals surface area contributed by atoms with Gasteiger partial charge in [0, 0.05) is 6.04 Å². The van der Waals surface area contributed by atoms with Crippen molar-refractivity contribution in [2.75, 3.05) is 6.54 Å². The van der Waals surface area contributed by atoms with Crippen LogP contribution >= 0.6 is 0 Å². The van der Waals surface area contributed by atoms with Crippen molar-refractivity contribution in [3.63, 3.8) is 0 Å². The molecule has 92 valence electrons. The Morgan fingerprint density at radius 2 is 2.24 bits per heavy atom. The molecule has 1 unspecified atom stereocenters. The van der Waals surface area contributed by atoms with Crippen molar-refractivity contribution in [1.29, 1.82) is 0 Å². The number of benzene rings is 1. The molecule has 1 atom stereocenters. The van der Waals surface area contributed by atoms with Crippen LogP contribution < -0.4 is 5.32 Å². The van der Waals surface area contributed by atoms with E-state index in [1.54, 1.807) is 0 Å². The highest BCUT2D eigenvalue weighted by Gasteiger charge is 2.15. The summed E-state index contributed by atoms with van der Waals surface area (Å²) in [6.07, 6.45) is 4.11. The second-order valence-electron chi connectivity index (χ2n) is 4.55. The zero-order valence-electron chi connectivity index (χ0n) is 10.5. The Balaban J connectivity index is 2.14. The number of hydrogen-bond acceptors (Lipinski definition) is 2. The minimum Gasteiger partial charge on any atom is -0.372 e. The Morgan fingerprint density at radius 1 is 1.41 bits per heavy atom. The molecule has 0 saturated heterocycles. The fourth-order valence-electron chi connectivity index (χ4n) is 2.23. The predicted molar refractivity (Wildman–Crippen MR) is 70.8 cm³/mol. The van der Waals surface area contributed by atoms with E-state index >= 15 is 0 Å². The maximum absolute atomic E-state index is 5.45. The molecule has 0 saturated carbocycles. The molecule has 0 bridgehead atoms. The highest BCUT2D eigenvalue weighted by molar-refractivity contribution is 5.34. The molecule has 1 aliphatic rings. The van der Waals surface area contributed by atoms with Crippen LogP contribution in [0.4, 0.5) is 0 Å². The Morgan fingerprint density at radius 3 is 3.00 bits per heavy atom. The van der Waals surface area contributed by atoms with Crippen LogP contribution in [-0.2, 0) is 18.0 Å². The van der Waals surface area contributed by atoms with Crippen molar-refractivity contribution in [2.24, 2.45) is 0 Å². The van der Waals surface area contributed by atoms with Gasteiger partial charge in [0.05, 0.1) is 13.2 Å². The molecule has 1 aliphatic heterocycles. The molecule has 0 aliphatic carbocycles. The van der Waals surface area contributed by atoms with Crippen LogP contribution in [0.3, 0.4) is 0 Å². The van der Waals surface area contributed by atoms with Gasteiger partial charge in [-0.2, -0.15) is 0 Å². The average Bonchev–Trinajstić information content (AvgIpc) is 2.81. The van der Waals surface area contributed by atoms with Gasteiger partial charge in [0.15, 0.2) is 0 Å². The van der Waals surface area contributed by atoms with Crippen molar-refractivity contribution in [3.8, 4) is 0 Å². The van der Waals surface area contributed by atoms with E-state index in [2.05, 4.69) is 37.0 Å². The number of fused-ring (bicyclic) bond motifs is 1. The van der Waals surface area contributed by atoms with E-state index in [0.29, 0.717) is 6.04 Å². The van der Waals surface area contributed by atoms with Gasteiger partial charge in [-0.1, -0.05) is 31.2 Å². The molecule has 0 aromatic heterocycles. The lowest BCUT2D eigenvalue weighted by Crippen LogP contribution is -2.21. The van der Waals surface area contributed by atoms with Crippen LogP contribution in [0, 0.1) is 0 Å². The van der Waals surface area contributed by atoms with E-state index < -0.39 is 0 Å². The van der Waals surface area contributed by atoms with Crippen molar-refractivity contribution in [1.82, 2.24) is 5.32 Å². The van der Waals surface area contributed by atoms with Crippen LogP contribution in [0.5, 0.6) is 0 Å². The third-order valence-electron chi connectivity index (χ3n) is 3.19. The Bertz CT molecular complexity index is 387. The van der Waals surface area contributed by atoms with Crippen LogP contribution in [0.25, 0.3) is 0 Å². The quantitative estimate of drug-likeness (QED) is 0.758. The molecular formula is C15H21NO. The fraction of sp³-hybridized carbons (Fsp3) is 0.467. The first-order valence-electron chi connectivity index (χ1n) is 6.39. The lowest BCUT2D eigenvalue weighted by atomic mass is 9.99. The molecule has 1 heterocycles. The first-order valence-corrected chi connectivity index (χ1v) is 6.39. The normalized spacial score (nSPS) is 15.6. The molecule has 2 rings (SSSR count). The smallest absolute Gasteiger partial charge is 0.0725 e. The summed E-state index contributed by atoms with van der Waals surface area (Å²) in [4.78, 5) is 0. The van der Waals surface area contributed by atoms with Gasteiger partial charge in [-0.25, -0.2) is 0 Å². The van der Waals surface area contributed by atoms with Crippen LogP contribution in [0.15, 0.2) is 30.9 Å². The predicted octanol–water partition coefficient (Wildman–Crippen LogP) is 3.33. The molecule has 0 amide bonds. The molecule has 0 radical (unpaired) electrons. The molecule has 1 N–H and O–H groups in total. The zero-order valence-corrected chi connectivity index (χ0v) is 10.5. The molecule has 0 spiro atoms. The largest absolute Gasteiger partial charge is 0.372 e. The average molecular weight is 231 g/mol. The highest BCUT2D eigenvalue weighted by atomic mass is 16.5. The summed E-state index contributed by atoms with van der Waals surface area (Å²) in [5.41, 5.74) is 4.03. The summed E-state index contributed by atoms with van der Waals surface area (Å²) in [6, 6.07) is 7.07. The Hall–Kier alpha value is -1.12. The fourth-order valence-corrected chi connectivity index (χ4v) is 2.23. The van der Waals surface area contributed by atoms with Gasteiger partial charge in [-0.15, -0.1) is 6.58 Å². The zero-order chi connectivity index (χ0) is 12.1. The van der Waals surface area contributed by atoms with E-state index in [0.717, 1.165) is 32.6 Å². The Kier molecular flexibility index (Phi) is 4.35. The van der Waals surface area contributed by atoms with Crippen molar-refractivity contribution in [2.45, 2.75) is 39.0 Å². The summed E-state index contributed by atoms with van der Waals surface area (Å²) in [6.45, 7) is 8.61. The lowest BCUT2D eigenvalue weighted by Gasteiger charge is -2.18. The second-order valence-corrected chi connectivity index (χ2v) is 4.55. The van der Waals surface area contributed by atoms with Crippen molar-refractivity contribution in [3.05, 3.63) is 47.5 Å². The van der Waals surface area contributed by atoms with Crippen LogP contribution in [0.1, 0.15) is 42.5 Å². The maximum Gasteiger partial charge on any atom is 0.0725 e. The SMILES string of the molecule is C=CCC(NCCC)c1ccc2c(c1)COC2. The van der Waals surface area contributed by atoms with E-state index in [1.807, 2.05) is 6.08 Å². The molecular weight excluding hydrogens is 210 g/mol. The minimum absolute atomic E-state index is 0.387. The standard InChI is InChI=1S/C15H21NO/c1-3-5-15(16-8-4-2)12-6-7-13-10-17-11-14(13)9-12/h3,6-7,9,15-16H,1,4-5,8,10-11H2,2H3. The molecule has 2 heteroatoms. The number of ether oxygens (including phenoxy) is 1. The van der Waals surface area contributed by atoms with E-state index in [9.17, 15) is 0 Å². The molecule has 17 heavy (non-hydrogen) atoms. The molecule has 1 aromatic rings. The van der Waals surface area contributed by atoms with Gasteiger partial charge in [0.2, 0.25) is 0 Å². The van der Waals surface area contributed by atoms with Crippen molar-refractivity contribution < 1.29 is 4.74 Å². The van der Waals surface area contributed by atoms with E-state index in [4.69, 9.17) is 4.74 Å². The minimum atomic E-state index is 0.387. The summed E-state index contributed by atoms with van der Waals surface area (Å²) in [7, 11) is 0. The molecule has 2 nitrogen and oxygen atoms in total. The van der Waals surface area contributed by atoms with Gasteiger partial charge in [0.1, 0.15) is 0 Å². The van der Waals surface area contributed by atoms with Crippen molar-refractivity contribution >= 4 is 0 Å². The second kappa shape index (κ2) is 5.99. The van der Waals surface area contributed by atoms with E-state index in [1.165, 1.54) is 16.7 Å². The Labute approximate surface area is 104 Å². The molecule has 0 fully saturated rings. The van der Waals surface area contributed by atoms with Gasteiger partial charge in [-0.05, 0) is 36.1 Å². The summed E-state index contributed by atoms with van der Waals surface area (Å²) < 4.78 is 5.45. The third kappa shape index (κ3) is 2.96. The third-order valence-corrected chi connectivity index (χ3v) is 3.19. The maximum atomic E-state index is 5.45. The van der Waals surface area contributed by atoms with Gasteiger partial charge >= 0.3 is 0 Å². The summed E-state index contributed by atoms with van der Waals surface area (Å²) in [5.74, 6) is 0. The monoisotopic (exact) mass is 231 g/mol. The summed E-state index contributed by atoms with van der Waals surface area (Å²) >= 11 is 0. The summed E-state index contributed by atoms with van der Waals surface area (Å²) in [5, 5.41) is 3.57. The van der Waals surface area contributed by atoms with Gasteiger partial charge < -0.3 is 10.1 Å². The van der Waals surface area contributed by atoms with Gasteiger partial charge in [0.25, 0.3) is 0 Å². The lowest BCUT2D eigenvalue weighted by molar-refractivity contribution is 0.134. The highest BCUT2D eigenvalue weighted by Crippen LogP contribution is 2.25. The van der Waals surface area contributed by atoms with Crippen LogP contribution in [-0.4, -0.2) is 6.54 Å². The number of rotatable bonds is 6. The number of hydrogen-bond donors (Lipinski definition) is 1.